The molecule has 0 radical (unpaired) electrons. The van der Waals surface area contributed by atoms with E-state index in [4.69, 9.17) is 4.74 Å². The summed E-state index contributed by atoms with van der Waals surface area (Å²) in [6, 6.07) is 0. The minimum absolute atomic E-state index is 0.522. The Morgan fingerprint density at radius 1 is 1.27 bits per heavy atom. The second-order valence-electron chi connectivity index (χ2n) is 3.03. The molecule has 2 rings (SSSR count). The summed E-state index contributed by atoms with van der Waals surface area (Å²) in [6.45, 7) is 3.18. The molecule has 0 bridgehead atoms. The average Bonchev–Trinajstić information content (AvgIpc) is 2.87. The first-order chi connectivity index (χ1) is 5.38. The summed E-state index contributed by atoms with van der Waals surface area (Å²) in [5.74, 6) is 0.522. The van der Waals surface area contributed by atoms with Gasteiger partial charge < -0.3 is 14.7 Å². The first kappa shape index (κ1) is 6.98. The summed E-state index contributed by atoms with van der Waals surface area (Å²) in [5, 5.41) is 9.56. The van der Waals surface area contributed by atoms with Crippen molar-refractivity contribution >= 4 is 0 Å². The minimum Gasteiger partial charge on any atom is -0.495 e. The molecule has 0 aromatic rings. The van der Waals surface area contributed by atoms with Crippen molar-refractivity contribution in [3.63, 3.8) is 0 Å². The van der Waals surface area contributed by atoms with Crippen molar-refractivity contribution in [2.75, 3.05) is 26.3 Å². The van der Waals surface area contributed by atoms with Crippen LogP contribution in [0.1, 0.15) is 12.8 Å². The van der Waals surface area contributed by atoms with Crippen molar-refractivity contribution in [1.82, 2.24) is 4.90 Å². The van der Waals surface area contributed by atoms with Crippen LogP contribution in [0.25, 0.3) is 0 Å². The zero-order valence-corrected chi connectivity index (χ0v) is 6.55. The molecule has 1 aliphatic carbocycles. The number of aliphatic hydroxyl groups is 1. The second-order valence-corrected chi connectivity index (χ2v) is 3.03. The maximum absolute atomic E-state index is 9.56. The van der Waals surface area contributed by atoms with Gasteiger partial charge in [0.25, 0.3) is 0 Å². The molecule has 62 valence electrons. The summed E-state index contributed by atoms with van der Waals surface area (Å²) in [7, 11) is 0. The Bertz CT molecular complexity index is 177. The second kappa shape index (κ2) is 2.74. The Labute approximate surface area is 66.3 Å². The highest BCUT2D eigenvalue weighted by atomic mass is 16.5. The molecule has 0 aromatic heterocycles. The normalized spacial score (nSPS) is 23.6. The lowest BCUT2D eigenvalue weighted by Gasteiger charge is -2.27. The molecular formula is C8H13NO2. The summed E-state index contributed by atoms with van der Waals surface area (Å²) in [6.07, 6.45) is 2.17. The van der Waals surface area contributed by atoms with E-state index in [1.807, 2.05) is 4.90 Å². The lowest BCUT2D eigenvalue weighted by atomic mass is 10.4. The molecule has 1 heterocycles. The van der Waals surface area contributed by atoms with Crippen LogP contribution in [0, 0.1) is 0 Å². The third kappa shape index (κ3) is 1.48. The fourth-order valence-electron chi connectivity index (χ4n) is 1.28. The van der Waals surface area contributed by atoms with Gasteiger partial charge in [0.15, 0.2) is 5.88 Å². The number of nitrogens with zero attached hydrogens (tertiary/aromatic N) is 1. The van der Waals surface area contributed by atoms with Crippen LogP contribution < -0.4 is 0 Å². The molecule has 1 N–H and O–H groups in total. The van der Waals surface area contributed by atoms with Gasteiger partial charge in [-0.05, 0) is 18.4 Å². The van der Waals surface area contributed by atoms with Gasteiger partial charge in [-0.25, -0.2) is 0 Å². The van der Waals surface area contributed by atoms with Gasteiger partial charge in [-0.15, -0.1) is 0 Å². The van der Waals surface area contributed by atoms with E-state index < -0.39 is 0 Å². The summed E-state index contributed by atoms with van der Waals surface area (Å²) in [5.41, 5.74) is 1.21. The molecular weight excluding hydrogens is 142 g/mol. The van der Waals surface area contributed by atoms with Crippen LogP contribution in [-0.2, 0) is 4.74 Å². The van der Waals surface area contributed by atoms with Gasteiger partial charge in [-0.3, -0.25) is 0 Å². The fourth-order valence-corrected chi connectivity index (χ4v) is 1.28. The molecule has 0 spiro atoms. The number of rotatable bonds is 1. The highest BCUT2D eigenvalue weighted by Crippen LogP contribution is 2.31. The van der Waals surface area contributed by atoms with E-state index in [1.165, 1.54) is 5.57 Å². The van der Waals surface area contributed by atoms with Gasteiger partial charge in [0.1, 0.15) is 0 Å². The number of hydrogen-bond donors (Lipinski definition) is 1. The summed E-state index contributed by atoms with van der Waals surface area (Å²) < 4.78 is 5.17. The van der Waals surface area contributed by atoms with E-state index in [0.717, 1.165) is 39.1 Å². The quantitative estimate of drug-likeness (QED) is 0.570. The predicted octanol–water partition coefficient (Wildman–Crippen LogP) is 0.882. The van der Waals surface area contributed by atoms with Crippen molar-refractivity contribution in [1.29, 1.82) is 0 Å². The number of allylic oxidation sites excluding steroid dienone is 1. The van der Waals surface area contributed by atoms with E-state index in [2.05, 4.69) is 0 Å². The van der Waals surface area contributed by atoms with Gasteiger partial charge in [-0.1, -0.05) is 0 Å². The molecule has 1 aliphatic heterocycles. The molecule has 3 nitrogen and oxygen atoms in total. The lowest BCUT2D eigenvalue weighted by Crippen LogP contribution is -2.35. The Morgan fingerprint density at radius 3 is 2.45 bits per heavy atom. The van der Waals surface area contributed by atoms with Crippen molar-refractivity contribution < 1.29 is 9.84 Å². The highest BCUT2D eigenvalue weighted by Gasteiger charge is 2.22. The summed E-state index contributed by atoms with van der Waals surface area (Å²) in [4.78, 5) is 2.01. The van der Waals surface area contributed by atoms with Gasteiger partial charge in [-0.2, -0.15) is 0 Å². The van der Waals surface area contributed by atoms with E-state index >= 15 is 0 Å². The fraction of sp³-hybridized carbons (Fsp3) is 0.750. The Balaban J connectivity index is 1.97. The van der Waals surface area contributed by atoms with Crippen LogP contribution in [0.5, 0.6) is 0 Å². The van der Waals surface area contributed by atoms with Crippen LogP contribution in [-0.4, -0.2) is 36.3 Å². The molecule has 1 saturated carbocycles. The van der Waals surface area contributed by atoms with Gasteiger partial charge >= 0.3 is 0 Å². The van der Waals surface area contributed by atoms with Crippen LogP contribution in [0.3, 0.4) is 0 Å². The zero-order valence-electron chi connectivity index (χ0n) is 6.55. The molecule has 0 unspecified atom stereocenters. The van der Waals surface area contributed by atoms with Crippen molar-refractivity contribution in [3.05, 3.63) is 11.5 Å². The molecule has 1 saturated heterocycles. The largest absolute Gasteiger partial charge is 0.495 e. The Hall–Kier alpha value is -0.700. The Kier molecular flexibility index (Phi) is 1.74. The molecule has 3 heteroatoms. The zero-order chi connectivity index (χ0) is 7.68. The SMILES string of the molecule is OC(=C1CC1)N1CCOCC1. The van der Waals surface area contributed by atoms with Crippen molar-refractivity contribution in [2.24, 2.45) is 0 Å². The molecule has 0 atom stereocenters. The lowest BCUT2D eigenvalue weighted by molar-refractivity contribution is 0.0310. The third-order valence-corrected chi connectivity index (χ3v) is 2.13. The number of ether oxygens (including phenoxy) is 1. The minimum atomic E-state index is 0.522. The monoisotopic (exact) mass is 155 g/mol. The molecule has 0 amide bonds. The van der Waals surface area contributed by atoms with Gasteiger partial charge in [0, 0.05) is 13.1 Å². The molecule has 0 aromatic carbocycles. The van der Waals surface area contributed by atoms with Crippen LogP contribution in [0.4, 0.5) is 0 Å². The van der Waals surface area contributed by atoms with Crippen LogP contribution in [0.2, 0.25) is 0 Å². The van der Waals surface area contributed by atoms with E-state index in [9.17, 15) is 5.11 Å². The predicted molar refractivity (Wildman–Crippen MR) is 41.3 cm³/mol. The van der Waals surface area contributed by atoms with Crippen LogP contribution in [0.15, 0.2) is 11.5 Å². The number of aliphatic hydroxyl groups excluding tert-OH is 1. The van der Waals surface area contributed by atoms with Gasteiger partial charge in [0.2, 0.25) is 0 Å². The van der Waals surface area contributed by atoms with E-state index in [-0.39, 0.29) is 0 Å². The number of hydrogen-bond acceptors (Lipinski definition) is 3. The maximum atomic E-state index is 9.56. The standard InChI is InChI=1S/C8H13NO2/c10-8(7-1-2-7)9-3-5-11-6-4-9/h10H,1-6H2. The molecule has 11 heavy (non-hydrogen) atoms. The van der Waals surface area contributed by atoms with E-state index in [0.29, 0.717) is 5.88 Å². The molecule has 2 aliphatic rings. The first-order valence-corrected chi connectivity index (χ1v) is 4.11. The van der Waals surface area contributed by atoms with E-state index in [1.54, 1.807) is 0 Å². The topological polar surface area (TPSA) is 32.7 Å². The molecule has 2 fully saturated rings. The third-order valence-electron chi connectivity index (χ3n) is 2.13. The Morgan fingerprint density at radius 2 is 1.91 bits per heavy atom. The summed E-state index contributed by atoms with van der Waals surface area (Å²) >= 11 is 0. The number of morpholine rings is 1. The van der Waals surface area contributed by atoms with Crippen molar-refractivity contribution in [3.8, 4) is 0 Å². The van der Waals surface area contributed by atoms with Crippen LogP contribution >= 0.6 is 0 Å². The maximum Gasteiger partial charge on any atom is 0.186 e. The highest BCUT2D eigenvalue weighted by molar-refractivity contribution is 5.19. The van der Waals surface area contributed by atoms with Gasteiger partial charge in [0.05, 0.1) is 13.2 Å². The first-order valence-electron chi connectivity index (χ1n) is 4.11. The van der Waals surface area contributed by atoms with Crippen molar-refractivity contribution in [2.45, 2.75) is 12.8 Å². The average molecular weight is 155 g/mol. The smallest absolute Gasteiger partial charge is 0.186 e.